The van der Waals surface area contributed by atoms with Crippen LogP contribution in [-0.2, 0) is 4.79 Å². The monoisotopic (exact) mass is 365 g/mol. The topological polar surface area (TPSA) is 54.0 Å². The van der Waals surface area contributed by atoms with Gasteiger partial charge in [-0.05, 0) is 30.2 Å². The Morgan fingerprint density at radius 1 is 0.923 bits per heavy atom. The Bertz CT molecular complexity index is 816. The molecule has 4 nitrogen and oxygen atoms in total. The molecule has 1 atom stereocenters. The molecule has 0 bridgehead atoms. The van der Waals surface area contributed by atoms with Gasteiger partial charge in [-0.2, -0.15) is 0 Å². The molecule has 2 aromatic carbocycles. The van der Waals surface area contributed by atoms with Gasteiger partial charge in [-0.1, -0.05) is 72.3 Å². The highest BCUT2D eigenvalue weighted by Crippen LogP contribution is 2.23. The Balaban J connectivity index is 1.78. The Morgan fingerprint density at radius 3 is 2.04 bits per heavy atom. The van der Waals surface area contributed by atoms with Crippen molar-refractivity contribution in [1.29, 1.82) is 0 Å². The van der Waals surface area contributed by atoms with Crippen molar-refractivity contribution >= 4 is 23.2 Å². The van der Waals surface area contributed by atoms with E-state index in [1.165, 1.54) is 0 Å². The molecule has 0 spiro atoms. The number of aromatic nitrogens is 1. The summed E-state index contributed by atoms with van der Waals surface area (Å²) in [7, 11) is 0. The Labute approximate surface area is 158 Å². The highest BCUT2D eigenvalue weighted by atomic mass is 35.5. The number of rotatable bonds is 6. The number of hydrogen-bond donors (Lipinski definition) is 2. The van der Waals surface area contributed by atoms with Gasteiger partial charge in [-0.3, -0.25) is 10.1 Å². The second-order valence-electron chi connectivity index (χ2n) is 5.97. The van der Waals surface area contributed by atoms with Crippen LogP contribution in [0.15, 0.2) is 79.0 Å². The molecule has 132 valence electrons. The molecule has 1 aromatic heterocycles. The van der Waals surface area contributed by atoms with Gasteiger partial charge in [-0.15, -0.1) is 0 Å². The summed E-state index contributed by atoms with van der Waals surface area (Å²) in [5.74, 6) is -0.170. The van der Waals surface area contributed by atoms with Crippen LogP contribution in [0, 0.1) is 0 Å². The van der Waals surface area contributed by atoms with Crippen LogP contribution in [0.2, 0.25) is 5.15 Å². The van der Waals surface area contributed by atoms with Gasteiger partial charge >= 0.3 is 0 Å². The Morgan fingerprint density at radius 2 is 1.50 bits per heavy atom. The van der Waals surface area contributed by atoms with Crippen LogP contribution in [0.25, 0.3) is 0 Å². The van der Waals surface area contributed by atoms with Crippen LogP contribution < -0.4 is 10.6 Å². The van der Waals surface area contributed by atoms with Crippen LogP contribution >= 0.6 is 11.6 Å². The predicted molar refractivity (Wildman–Crippen MR) is 105 cm³/mol. The highest BCUT2D eigenvalue weighted by Gasteiger charge is 2.21. The van der Waals surface area contributed by atoms with E-state index in [1.807, 2.05) is 67.6 Å². The first-order valence-corrected chi connectivity index (χ1v) is 8.80. The van der Waals surface area contributed by atoms with Gasteiger partial charge < -0.3 is 5.32 Å². The zero-order chi connectivity index (χ0) is 18.4. The van der Waals surface area contributed by atoms with Gasteiger partial charge in [0.15, 0.2) is 5.15 Å². The fourth-order valence-electron chi connectivity index (χ4n) is 2.72. The number of halogens is 1. The molecule has 3 aromatic rings. The lowest BCUT2D eigenvalue weighted by Crippen LogP contribution is -2.40. The van der Waals surface area contributed by atoms with Crippen molar-refractivity contribution in [3.8, 4) is 0 Å². The SMILES string of the molecule is C[C@H](NC(c1ccccc1)c1ccccc1)C(=O)Nc1cccnc1Cl. The predicted octanol–water partition coefficient (Wildman–Crippen LogP) is 4.44. The molecule has 1 amide bonds. The Hall–Kier alpha value is -2.69. The number of carbonyl (C=O) groups excluding carboxylic acids is 1. The van der Waals surface area contributed by atoms with Crippen LogP contribution in [0.4, 0.5) is 5.69 Å². The average molecular weight is 366 g/mol. The first kappa shape index (κ1) is 18.1. The van der Waals surface area contributed by atoms with Crippen molar-refractivity contribution in [2.45, 2.75) is 19.0 Å². The minimum Gasteiger partial charge on any atom is -0.322 e. The number of pyridine rings is 1. The summed E-state index contributed by atoms with van der Waals surface area (Å²) in [6.07, 6.45) is 1.58. The van der Waals surface area contributed by atoms with Crippen molar-refractivity contribution in [2.24, 2.45) is 0 Å². The van der Waals surface area contributed by atoms with Gasteiger partial charge in [0.2, 0.25) is 5.91 Å². The molecule has 0 saturated carbocycles. The summed E-state index contributed by atoms with van der Waals surface area (Å²) in [6.45, 7) is 1.83. The fourth-order valence-corrected chi connectivity index (χ4v) is 2.89. The van der Waals surface area contributed by atoms with E-state index in [4.69, 9.17) is 11.6 Å². The van der Waals surface area contributed by atoms with Crippen LogP contribution in [0.5, 0.6) is 0 Å². The third kappa shape index (κ3) is 4.48. The third-order valence-electron chi connectivity index (χ3n) is 4.09. The molecule has 1 heterocycles. The maximum atomic E-state index is 12.6. The zero-order valence-electron chi connectivity index (χ0n) is 14.4. The lowest BCUT2D eigenvalue weighted by molar-refractivity contribution is -0.117. The largest absolute Gasteiger partial charge is 0.322 e. The van der Waals surface area contributed by atoms with Crippen molar-refractivity contribution in [2.75, 3.05) is 5.32 Å². The summed E-state index contributed by atoms with van der Waals surface area (Å²) in [6, 6.07) is 23.1. The molecule has 0 unspecified atom stereocenters. The number of benzene rings is 2. The number of nitrogens with one attached hydrogen (secondary N) is 2. The fraction of sp³-hybridized carbons (Fsp3) is 0.143. The van der Waals surface area contributed by atoms with E-state index in [9.17, 15) is 4.79 Å². The number of carbonyl (C=O) groups is 1. The molecular formula is C21H20ClN3O. The van der Waals surface area contributed by atoms with Gasteiger partial charge in [-0.25, -0.2) is 4.98 Å². The van der Waals surface area contributed by atoms with Gasteiger partial charge in [0.25, 0.3) is 0 Å². The molecule has 0 aliphatic rings. The van der Waals surface area contributed by atoms with Crippen molar-refractivity contribution in [1.82, 2.24) is 10.3 Å². The van der Waals surface area contributed by atoms with E-state index in [0.29, 0.717) is 5.69 Å². The van der Waals surface area contributed by atoms with E-state index in [1.54, 1.807) is 18.3 Å². The molecule has 2 N–H and O–H groups in total. The second kappa shape index (κ2) is 8.61. The quantitative estimate of drug-likeness (QED) is 0.635. The summed E-state index contributed by atoms with van der Waals surface area (Å²) >= 11 is 6.02. The van der Waals surface area contributed by atoms with Gasteiger partial charge in [0.05, 0.1) is 17.8 Å². The number of amides is 1. The van der Waals surface area contributed by atoms with E-state index in [-0.39, 0.29) is 17.1 Å². The van der Waals surface area contributed by atoms with Crippen molar-refractivity contribution in [3.63, 3.8) is 0 Å². The van der Waals surface area contributed by atoms with E-state index in [0.717, 1.165) is 11.1 Å². The smallest absolute Gasteiger partial charge is 0.241 e. The van der Waals surface area contributed by atoms with Crippen molar-refractivity contribution < 1.29 is 4.79 Å². The second-order valence-corrected chi connectivity index (χ2v) is 6.33. The maximum absolute atomic E-state index is 12.6. The van der Waals surface area contributed by atoms with Crippen molar-refractivity contribution in [3.05, 3.63) is 95.3 Å². The normalized spacial score (nSPS) is 12.0. The molecule has 0 aliphatic carbocycles. The number of hydrogen-bond acceptors (Lipinski definition) is 3. The minimum atomic E-state index is -0.434. The molecule has 5 heteroatoms. The first-order chi connectivity index (χ1) is 12.6. The molecule has 0 aliphatic heterocycles. The lowest BCUT2D eigenvalue weighted by atomic mass is 9.98. The summed E-state index contributed by atoms with van der Waals surface area (Å²) < 4.78 is 0. The summed E-state index contributed by atoms with van der Waals surface area (Å²) in [5.41, 5.74) is 2.69. The zero-order valence-corrected chi connectivity index (χ0v) is 15.1. The summed E-state index contributed by atoms with van der Waals surface area (Å²) in [4.78, 5) is 16.6. The lowest BCUT2D eigenvalue weighted by Gasteiger charge is -2.24. The molecule has 26 heavy (non-hydrogen) atoms. The van der Waals surface area contributed by atoms with E-state index in [2.05, 4.69) is 15.6 Å². The number of nitrogens with zero attached hydrogens (tertiary/aromatic N) is 1. The van der Waals surface area contributed by atoms with Gasteiger partial charge in [0.1, 0.15) is 0 Å². The van der Waals surface area contributed by atoms with Gasteiger partial charge in [0, 0.05) is 6.20 Å². The van der Waals surface area contributed by atoms with E-state index >= 15 is 0 Å². The summed E-state index contributed by atoms with van der Waals surface area (Å²) in [5, 5.41) is 6.51. The maximum Gasteiger partial charge on any atom is 0.241 e. The Kier molecular flexibility index (Phi) is 6.00. The first-order valence-electron chi connectivity index (χ1n) is 8.42. The van der Waals surface area contributed by atoms with Crippen LogP contribution in [0.1, 0.15) is 24.1 Å². The molecule has 0 saturated heterocycles. The standard InChI is InChI=1S/C21H20ClN3O/c1-15(21(26)25-18-13-8-14-23-20(18)22)24-19(16-9-4-2-5-10-16)17-11-6-3-7-12-17/h2-15,19,24H,1H3,(H,25,26)/t15-/m0/s1. The third-order valence-corrected chi connectivity index (χ3v) is 4.39. The molecular weight excluding hydrogens is 346 g/mol. The molecule has 3 rings (SSSR count). The molecule has 0 fully saturated rings. The minimum absolute atomic E-state index is 0.0949. The average Bonchev–Trinajstić information content (AvgIpc) is 2.69. The van der Waals surface area contributed by atoms with Crippen LogP contribution in [0.3, 0.4) is 0 Å². The molecule has 0 radical (unpaired) electrons. The highest BCUT2D eigenvalue weighted by molar-refractivity contribution is 6.32. The van der Waals surface area contributed by atoms with Crippen LogP contribution in [-0.4, -0.2) is 16.9 Å². The van der Waals surface area contributed by atoms with E-state index < -0.39 is 6.04 Å². The number of anilines is 1.